The number of aryl methyl sites for hydroxylation is 2. The fourth-order valence-electron chi connectivity index (χ4n) is 4.38. The van der Waals surface area contributed by atoms with Crippen molar-refractivity contribution in [2.45, 2.75) is 46.5 Å². The molecule has 5 nitrogen and oxygen atoms in total. The van der Waals surface area contributed by atoms with Crippen molar-refractivity contribution >= 4 is 11.0 Å². The van der Waals surface area contributed by atoms with Crippen molar-refractivity contribution in [1.82, 2.24) is 14.1 Å². The van der Waals surface area contributed by atoms with Gasteiger partial charge in [0.2, 0.25) is 0 Å². The van der Waals surface area contributed by atoms with Crippen LogP contribution in [0, 0.1) is 13.8 Å². The summed E-state index contributed by atoms with van der Waals surface area (Å²) in [5.41, 5.74) is 7.61. The highest BCUT2D eigenvalue weighted by Crippen LogP contribution is 2.38. The van der Waals surface area contributed by atoms with Crippen molar-refractivity contribution in [2.24, 2.45) is 0 Å². The van der Waals surface area contributed by atoms with E-state index in [0.717, 1.165) is 44.5 Å². The van der Waals surface area contributed by atoms with Gasteiger partial charge in [0.15, 0.2) is 0 Å². The predicted octanol–water partition coefficient (Wildman–Crippen LogP) is 5.34. The number of fused-ring (bicyclic) bond motifs is 4. The summed E-state index contributed by atoms with van der Waals surface area (Å²) in [4.78, 5) is 1.98. The average Bonchev–Trinajstić information content (AvgIpc) is 3.32. The van der Waals surface area contributed by atoms with Crippen molar-refractivity contribution in [2.75, 3.05) is 0 Å². The third-order valence-electron chi connectivity index (χ3n) is 5.87. The molecule has 154 valence electrons. The van der Waals surface area contributed by atoms with Crippen LogP contribution in [0.25, 0.3) is 16.7 Å². The number of aromatic nitrogens is 3. The summed E-state index contributed by atoms with van der Waals surface area (Å²) in [5, 5.41) is 22.1. The molecule has 5 aromatic rings. The highest BCUT2D eigenvalue weighted by atomic mass is 16.3. The second-order valence-corrected chi connectivity index (χ2v) is 9.40. The van der Waals surface area contributed by atoms with E-state index in [-0.39, 0.29) is 11.2 Å². The van der Waals surface area contributed by atoms with Gasteiger partial charge in [-0.05, 0) is 54.2 Å². The molecular formula is C25H27N3O2. The minimum atomic E-state index is -0.157. The van der Waals surface area contributed by atoms with Gasteiger partial charge in [-0.2, -0.15) is 0 Å². The van der Waals surface area contributed by atoms with Crippen LogP contribution in [0.2, 0.25) is 0 Å². The molecule has 0 saturated heterocycles. The van der Waals surface area contributed by atoms with Gasteiger partial charge >= 0.3 is 0 Å². The molecule has 0 bridgehead atoms. The molecule has 5 heteroatoms. The Bertz CT molecular complexity index is 1350. The fraction of sp³-hybridized carbons (Fsp3) is 0.280. The number of para-hydroxylation sites is 2. The lowest BCUT2D eigenvalue weighted by atomic mass is 9.83. The Morgan fingerprint density at radius 3 is 1.87 bits per heavy atom. The van der Waals surface area contributed by atoms with Crippen LogP contribution < -0.4 is 0 Å². The number of phenols is 2. The van der Waals surface area contributed by atoms with Gasteiger partial charge in [0.25, 0.3) is 0 Å². The summed E-state index contributed by atoms with van der Waals surface area (Å²) in [5.74, 6) is 0.571. The summed E-state index contributed by atoms with van der Waals surface area (Å²) >= 11 is 0. The van der Waals surface area contributed by atoms with Crippen LogP contribution in [0.15, 0.2) is 48.5 Å². The molecule has 0 aliphatic rings. The maximum Gasteiger partial charge on any atom is 0.146 e. The Hall–Kier alpha value is -3.34. The zero-order valence-electron chi connectivity index (χ0n) is 18.1. The number of hydrogen-bond donors (Lipinski definition) is 2. The van der Waals surface area contributed by atoms with E-state index in [2.05, 4.69) is 32.9 Å². The molecule has 0 fully saturated rings. The quantitative estimate of drug-likeness (QED) is 0.429. The lowest BCUT2D eigenvalue weighted by Gasteiger charge is -2.23. The Kier molecular flexibility index (Phi) is 3.78. The molecule has 0 aliphatic carbocycles. The van der Waals surface area contributed by atoms with Crippen molar-refractivity contribution in [1.29, 1.82) is 0 Å². The van der Waals surface area contributed by atoms with E-state index in [4.69, 9.17) is 0 Å². The zero-order chi connectivity index (χ0) is 21.4. The maximum atomic E-state index is 11.1. The van der Waals surface area contributed by atoms with Crippen molar-refractivity contribution in [3.8, 4) is 17.2 Å². The van der Waals surface area contributed by atoms with Crippen molar-refractivity contribution in [3.63, 3.8) is 0 Å². The van der Waals surface area contributed by atoms with E-state index in [1.54, 1.807) is 0 Å². The number of phenolic OH excluding ortho intramolecular Hbond substituents is 2. The Morgan fingerprint density at radius 1 is 0.767 bits per heavy atom. The van der Waals surface area contributed by atoms with E-state index in [1.807, 2.05) is 64.3 Å². The monoisotopic (exact) mass is 401 g/mol. The molecule has 0 unspecified atom stereocenters. The molecule has 0 saturated carbocycles. The van der Waals surface area contributed by atoms with Crippen LogP contribution in [-0.4, -0.2) is 24.3 Å². The highest BCUT2D eigenvalue weighted by Gasteiger charge is 2.27. The fourth-order valence-corrected chi connectivity index (χ4v) is 4.38. The summed E-state index contributed by atoms with van der Waals surface area (Å²) in [6.45, 7) is 10.4. The maximum absolute atomic E-state index is 11.1. The van der Waals surface area contributed by atoms with Crippen LogP contribution in [0.1, 0.15) is 48.6 Å². The normalized spacial score (nSPS) is 12.6. The van der Waals surface area contributed by atoms with E-state index in [1.165, 1.54) is 0 Å². The molecule has 3 aromatic carbocycles. The number of benzene rings is 3. The first-order chi connectivity index (χ1) is 14.2. The van der Waals surface area contributed by atoms with Gasteiger partial charge in [-0.25, -0.2) is 0 Å². The van der Waals surface area contributed by atoms with Gasteiger partial charge < -0.3 is 10.2 Å². The lowest BCUT2D eigenvalue weighted by Crippen LogP contribution is -2.12. The van der Waals surface area contributed by atoms with E-state index < -0.39 is 0 Å². The number of aromatic hydroxyl groups is 2. The van der Waals surface area contributed by atoms with Crippen molar-refractivity contribution < 1.29 is 10.2 Å². The Balaban J connectivity index is 1.60. The summed E-state index contributed by atoms with van der Waals surface area (Å²) in [7, 11) is 0. The number of hydrogen-bond acceptors (Lipinski definition) is 2. The van der Waals surface area contributed by atoms with Crippen LogP contribution in [0.5, 0.6) is 11.5 Å². The van der Waals surface area contributed by atoms with Crippen LogP contribution >= 0.6 is 0 Å². The third kappa shape index (κ3) is 2.69. The third-order valence-corrected chi connectivity index (χ3v) is 5.87. The SMILES string of the molecule is Cc1cc(Cc2cc(C)cc(C(C)(C)C)c2O)c(O)c(-n2n3c4ccccc4n23)c1. The minimum absolute atomic E-state index is 0.157. The molecule has 0 atom stereocenters. The summed E-state index contributed by atoms with van der Waals surface area (Å²) in [6, 6.07) is 16.2. The molecule has 0 radical (unpaired) electrons. The van der Waals surface area contributed by atoms with Gasteiger partial charge in [0.05, 0.1) is 0 Å². The highest BCUT2D eigenvalue weighted by molar-refractivity contribution is 5.79. The Labute approximate surface area is 175 Å². The second-order valence-electron chi connectivity index (χ2n) is 9.40. The first kappa shape index (κ1) is 18.7. The molecule has 5 rings (SSSR count). The van der Waals surface area contributed by atoms with Crippen LogP contribution in [-0.2, 0) is 11.8 Å². The van der Waals surface area contributed by atoms with E-state index >= 15 is 0 Å². The van der Waals surface area contributed by atoms with Gasteiger partial charge in [-0.3, -0.25) is 0 Å². The molecular weight excluding hydrogens is 374 g/mol. The number of nitrogens with zero attached hydrogens (tertiary/aromatic N) is 3. The molecule has 2 N–H and O–H groups in total. The van der Waals surface area contributed by atoms with Crippen LogP contribution in [0.3, 0.4) is 0 Å². The van der Waals surface area contributed by atoms with Crippen molar-refractivity contribution in [3.05, 3.63) is 76.3 Å². The molecule has 0 aliphatic heterocycles. The van der Waals surface area contributed by atoms with Gasteiger partial charge in [-0.15, -0.1) is 14.1 Å². The standard InChI is InChI=1S/C25H27N3O2/c1-15-10-17(23(29)19(12-15)25(3,4)5)14-18-11-16(2)13-22(24(18)30)28-26-20-8-6-7-9-21(20)27(26)28/h6-13,29-30H,14H2,1-5H3. The molecule has 30 heavy (non-hydrogen) atoms. The number of rotatable bonds is 3. The molecule has 2 aromatic heterocycles. The molecule has 2 heterocycles. The molecule has 0 spiro atoms. The van der Waals surface area contributed by atoms with E-state index in [0.29, 0.717) is 12.2 Å². The van der Waals surface area contributed by atoms with E-state index in [9.17, 15) is 10.2 Å². The second kappa shape index (κ2) is 6.08. The first-order valence-corrected chi connectivity index (χ1v) is 10.3. The van der Waals surface area contributed by atoms with Gasteiger partial charge in [0.1, 0.15) is 28.2 Å². The summed E-state index contributed by atoms with van der Waals surface area (Å²) < 4.78 is 4.07. The Morgan fingerprint density at radius 2 is 1.30 bits per heavy atom. The average molecular weight is 402 g/mol. The smallest absolute Gasteiger partial charge is 0.146 e. The van der Waals surface area contributed by atoms with Crippen LogP contribution in [0.4, 0.5) is 0 Å². The zero-order valence-corrected chi connectivity index (χ0v) is 18.1. The minimum Gasteiger partial charge on any atom is -0.507 e. The van der Waals surface area contributed by atoms with Gasteiger partial charge in [0, 0.05) is 12.0 Å². The molecule has 0 amide bonds. The summed E-state index contributed by atoms with van der Waals surface area (Å²) in [6.07, 6.45) is 0.470. The topological polar surface area (TPSA) is 54.2 Å². The first-order valence-electron chi connectivity index (χ1n) is 10.3. The largest absolute Gasteiger partial charge is 0.507 e. The lowest BCUT2D eigenvalue weighted by molar-refractivity contribution is 0.439. The predicted molar refractivity (Wildman–Crippen MR) is 120 cm³/mol. The van der Waals surface area contributed by atoms with Gasteiger partial charge in [-0.1, -0.05) is 56.7 Å².